The van der Waals surface area contributed by atoms with Gasteiger partial charge in [0.2, 0.25) is 0 Å². The van der Waals surface area contributed by atoms with Gasteiger partial charge in [-0.3, -0.25) is 15.2 Å². The van der Waals surface area contributed by atoms with Crippen LogP contribution >= 0.6 is 0 Å². The lowest BCUT2D eigenvalue weighted by Crippen LogP contribution is -2.30. The number of fused-ring (bicyclic) bond motifs is 1. The Bertz CT molecular complexity index is 951. The number of pyridine rings is 1. The van der Waals surface area contributed by atoms with Crippen LogP contribution in [-0.4, -0.2) is 10.9 Å². The summed E-state index contributed by atoms with van der Waals surface area (Å²) in [6.07, 6.45) is 1.75. The number of nitrogen functional groups attached to an aromatic ring is 1. The van der Waals surface area contributed by atoms with Crippen LogP contribution in [0.5, 0.6) is 0 Å². The van der Waals surface area contributed by atoms with Crippen molar-refractivity contribution in [2.45, 2.75) is 6.92 Å². The Morgan fingerprint density at radius 3 is 2.78 bits per heavy atom. The number of carbonyl (C=O) groups is 1. The molecular formula is C19H15N3O. The summed E-state index contributed by atoms with van der Waals surface area (Å²) < 4.78 is 0. The molecule has 2 aromatic carbocycles. The molecule has 3 rings (SSSR count). The Morgan fingerprint density at radius 2 is 1.96 bits per heavy atom. The highest BCUT2D eigenvalue weighted by atomic mass is 16.2. The number of aromatic nitrogens is 1. The normalized spacial score (nSPS) is 10.0. The predicted octanol–water partition coefficient (Wildman–Crippen LogP) is 2.55. The number of nitrogens with one attached hydrogen (secondary N) is 1. The lowest BCUT2D eigenvalue weighted by Gasteiger charge is -2.03. The van der Waals surface area contributed by atoms with Crippen LogP contribution in [0, 0.1) is 18.8 Å². The Morgan fingerprint density at radius 1 is 1.13 bits per heavy atom. The number of carbonyl (C=O) groups excluding carboxylic acids is 1. The average Bonchev–Trinajstić information content (AvgIpc) is 2.60. The van der Waals surface area contributed by atoms with Gasteiger partial charge >= 0.3 is 0 Å². The minimum Gasteiger partial charge on any atom is -0.290 e. The fourth-order valence-electron chi connectivity index (χ4n) is 2.26. The molecule has 0 saturated carbocycles. The topological polar surface area (TPSA) is 68.0 Å². The second kappa shape index (κ2) is 6.30. The van der Waals surface area contributed by atoms with Crippen molar-refractivity contribution in [3.05, 3.63) is 77.0 Å². The van der Waals surface area contributed by atoms with E-state index in [-0.39, 0.29) is 5.91 Å². The first kappa shape index (κ1) is 14.8. The van der Waals surface area contributed by atoms with Crippen molar-refractivity contribution in [2.75, 3.05) is 0 Å². The molecule has 1 heterocycles. The van der Waals surface area contributed by atoms with E-state index in [2.05, 4.69) is 22.3 Å². The number of rotatable bonds is 1. The molecule has 1 amide bonds. The predicted molar refractivity (Wildman–Crippen MR) is 90.6 cm³/mol. The quantitative estimate of drug-likeness (QED) is 0.314. The zero-order valence-corrected chi connectivity index (χ0v) is 12.6. The highest BCUT2D eigenvalue weighted by Crippen LogP contribution is 2.13. The van der Waals surface area contributed by atoms with Crippen molar-refractivity contribution in [1.29, 1.82) is 0 Å². The number of aryl methyl sites for hydroxylation is 1. The summed E-state index contributed by atoms with van der Waals surface area (Å²) in [6.45, 7) is 1.95. The third-order valence-electron chi connectivity index (χ3n) is 3.56. The van der Waals surface area contributed by atoms with Gasteiger partial charge in [-0.05, 0) is 36.8 Å². The largest absolute Gasteiger partial charge is 0.290 e. The van der Waals surface area contributed by atoms with Crippen molar-refractivity contribution in [2.24, 2.45) is 5.84 Å². The molecule has 0 saturated heterocycles. The molecular weight excluding hydrogens is 286 g/mol. The minimum absolute atomic E-state index is 0.333. The number of nitrogens with two attached hydrogens (primary N) is 1. The summed E-state index contributed by atoms with van der Waals surface area (Å²) in [5.41, 5.74) is 6.17. The smallest absolute Gasteiger partial charge is 0.265 e. The number of hydrazine groups is 1. The first-order valence-electron chi connectivity index (χ1n) is 7.16. The van der Waals surface area contributed by atoms with E-state index in [0.717, 1.165) is 27.6 Å². The van der Waals surface area contributed by atoms with E-state index in [9.17, 15) is 4.79 Å². The number of amides is 1. The lowest BCUT2D eigenvalue weighted by atomic mass is 10.0. The maximum absolute atomic E-state index is 11.6. The van der Waals surface area contributed by atoms with Crippen molar-refractivity contribution in [1.82, 2.24) is 10.4 Å². The molecule has 0 radical (unpaired) electrons. The van der Waals surface area contributed by atoms with Gasteiger partial charge in [-0.25, -0.2) is 5.84 Å². The van der Waals surface area contributed by atoms with Crippen LogP contribution < -0.4 is 11.3 Å². The third kappa shape index (κ3) is 3.20. The van der Waals surface area contributed by atoms with Gasteiger partial charge in [-0.1, -0.05) is 36.1 Å². The second-order valence-corrected chi connectivity index (χ2v) is 5.17. The molecule has 0 aliphatic carbocycles. The van der Waals surface area contributed by atoms with Gasteiger partial charge in [0.15, 0.2) is 0 Å². The average molecular weight is 301 g/mol. The second-order valence-electron chi connectivity index (χ2n) is 5.17. The highest BCUT2D eigenvalue weighted by molar-refractivity contribution is 5.94. The van der Waals surface area contributed by atoms with Gasteiger partial charge in [0.05, 0.1) is 5.52 Å². The zero-order chi connectivity index (χ0) is 16.2. The molecule has 4 nitrogen and oxygen atoms in total. The van der Waals surface area contributed by atoms with E-state index in [0.29, 0.717) is 5.56 Å². The van der Waals surface area contributed by atoms with Crippen LogP contribution in [0.2, 0.25) is 0 Å². The van der Waals surface area contributed by atoms with E-state index in [1.807, 2.05) is 43.3 Å². The lowest BCUT2D eigenvalue weighted by molar-refractivity contribution is 0.0953. The summed E-state index contributed by atoms with van der Waals surface area (Å²) in [7, 11) is 0. The molecule has 3 aromatic rings. The number of para-hydroxylation sites is 1. The van der Waals surface area contributed by atoms with Gasteiger partial charge in [-0.15, -0.1) is 0 Å². The van der Waals surface area contributed by atoms with E-state index < -0.39 is 0 Å². The van der Waals surface area contributed by atoms with Crippen LogP contribution in [0.15, 0.2) is 54.7 Å². The molecule has 0 aliphatic heterocycles. The van der Waals surface area contributed by atoms with Gasteiger partial charge < -0.3 is 0 Å². The number of hydrogen-bond donors (Lipinski definition) is 2. The molecule has 0 unspecified atom stereocenters. The Hall–Kier alpha value is -3.16. The Labute approximate surface area is 134 Å². The van der Waals surface area contributed by atoms with E-state index >= 15 is 0 Å². The Kier molecular flexibility index (Phi) is 4.05. The van der Waals surface area contributed by atoms with Crippen molar-refractivity contribution in [3.63, 3.8) is 0 Å². The molecule has 3 N–H and O–H groups in total. The third-order valence-corrected chi connectivity index (χ3v) is 3.56. The summed E-state index contributed by atoms with van der Waals surface area (Å²) in [4.78, 5) is 16.0. The van der Waals surface area contributed by atoms with Crippen molar-refractivity contribution >= 4 is 16.8 Å². The fraction of sp³-hybridized carbons (Fsp3) is 0.0526. The maximum atomic E-state index is 11.6. The van der Waals surface area contributed by atoms with Crippen molar-refractivity contribution < 1.29 is 4.79 Å². The minimum atomic E-state index is -0.333. The molecule has 23 heavy (non-hydrogen) atoms. The van der Waals surface area contributed by atoms with Gasteiger partial charge in [0.25, 0.3) is 5.91 Å². The van der Waals surface area contributed by atoms with Crippen LogP contribution in [0.25, 0.3) is 10.9 Å². The highest BCUT2D eigenvalue weighted by Gasteiger charge is 2.05. The van der Waals surface area contributed by atoms with Gasteiger partial charge in [-0.2, -0.15) is 0 Å². The SMILES string of the molecule is Cc1ccc(C(=O)NN)cc1C#Cc1cnc2ccccc2c1. The molecule has 0 bridgehead atoms. The van der Waals surface area contributed by atoms with Crippen molar-refractivity contribution in [3.8, 4) is 11.8 Å². The van der Waals surface area contributed by atoms with Crippen LogP contribution in [0.4, 0.5) is 0 Å². The summed E-state index contributed by atoms with van der Waals surface area (Å²) in [5, 5.41) is 1.05. The van der Waals surface area contributed by atoms with Crippen LogP contribution in [-0.2, 0) is 0 Å². The van der Waals surface area contributed by atoms with Gasteiger partial charge in [0.1, 0.15) is 0 Å². The van der Waals surface area contributed by atoms with Crippen LogP contribution in [0.1, 0.15) is 27.0 Å². The summed E-state index contributed by atoms with van der Waals surface area (Å²) in [5.74, 6) is 11.0. The number of hydrogen-bond acceptors (Lipinski definition) is 3. The number of benzene rings is 2. The molecule has 0 spiro atoms. The van der Waals surface area contributed by atoms with E-state index in [4.69, 9.17) is 5.84 Å². The fourth-order valence-corrected chi connectivity index (χ4v) is 2.26. The maximum Gasteiger partial charge on any atom is 0.265 e. The molecule has 112 valence electrons. The number of nitrogens with zero attached hydrogens (tertiary/aromatic N) is 1. The molecule has 0 aliphatic rings. The summed E-state index contributed by atoms with van der Waals surface area (Å²) in [6, 6.07) is 15.2. The Balaban J connectivity index is 1.98. The van der Waals surface area contributed by atoms with Crippen LogP contribution in [0.3, 0.4) is 0 Å². The molecule has 0 fully saturated rings. The van der Waals surface area contributed by atoms with Gasteiger partial charge in [0, 0.05) is 28.3 Å². The standard InChI is InChI=1S/C19H15N3O/c1-13-6-8-17(19(23)22-20)11-15(13)9-7-14-10-16-4-2-3-5-18(16)21-12-14/h2-6,8,10-12H,20H2,1H3,(H,22,23). The summed E-state index contributed by atoms with van der Waals surface area (Å²) >= 11 is 0. The zero-order valence-electron chi connectivity index (χ0n) is 12.6. The van der Waals surface area contributed by atoms with E-state index in [1.54, 1.807) is 18.3 Å². The molecule has 0 atom stereocenters. The molecule has 4 heteroatoms. The molecule has 1 aromatic heterocycles. The first-order chi connectivity index (χ1) is 11.2. The first-order valence-corrected chi connectivity index (χ1v) is 7.16. The van der Waals surface area contributed by atoms with E-state index in [1.165, 1.54) is 0 Å². The monoisotopic (exact) mass is 301 g/mol.